The lowest BCUT2D eigenvalue weighted by Gasteiger charge is -2.44. The van der Waals surface area contributed by atoms with E-state index in [1.165, 1.54) is 7.11 Å². The Morgan fingerprint density at radius 2 is 2.10 bits per heavy atom. The molecular formula is C21H29N5O5. The maximum Gasteiger partial charge on any atom is 0.305 e. The Kier molecular flexibility index (Phi) is 7.82. The number of benzene rings is 1. The standard InChI is InChI=1S/C20H27N5O3.CH2O2/c1-28-18(26)3-2-8-21-14-4-5-16-15(11-14)19(24-23-16)20(27)22-17-12-25-9-6-13(17)7-10-25;2-1-3/h4-5,11,13,17,21H,2-3,6-10,12H2,1H3,(H,22,27)(H,23,24);1H,(H,2,3)/t17-;/m1./s1. The lowest BCUT2D eigenvalue weighted by molar-refractivity contribution is -0.140. The fraction of sp³-hybridized carbons (Fsp3) is 0.524. The van der Waals surface area contributed by atoms with Gasteiger partial charge < -0.3 is 25.4 Å². The molecule has 0 saturated carbocycles. The van der Waals surface area contributed by atoms with E-state index in [0.29, 0.717) is 31.0 Å². The van der Waals surface area contributed by atoms with Crippen LogP contribution < -0.4 is 10.6 Å². The fourth-order valence-corrected chi connectivity index (χ4v) is 4.23. The number of hydrogen-bond acceptors (Lipinski definition) is 7. The fourth-order valence-electron chi connectivity index (χ4n) is 4.23. The largest absolute Gasteiger partial charge is 0.483 e. The summed E-state index contributed by atoms with van der Waals surface area (Å²) in [5.74, 6) is 0.248. The van der Waals surface area contributed by atoms with Crippen molar-refractivity contribution in [1.29, 1.82) is 0 Å². The molecule has 0 radical (unpaired) electrons. The van der Waals surface area contributed by atoms with Gasteiger partial charge >= 0.3 is 5.97 Å². The monoisotopic (exact) mass is 431 g/mol. The second kappa shape index (κ2) is 10.8. The molecule has 1 aromatic heterocycles. The third kappa shape index (κ3) is 5.72. The Labute approximate surface area is 180 Å². The number of fused-ring (bicyclic) bond motifs is 4. The minimum atomic E-state index is -0.250. The Bertz CT molecular complexity index is 907. The summed E-state index contributed by atoms with van der Waals surface area (Å²) in [6.45, 7) is 3.63. The van der Waals surface area contributed by atoms with Gasteiger partial charge in [-0.25, -0.2) is 0 Å². The number of nitrogens with zero attached hydrogens (tertiary/aromatic N) is 2. The first-order chi connectivity index (χ1) is 15.0. The second-order valence-electron chi connectivity index (χ2n) is 7.76. The summed E-state index contributed by atoms with van der Waals surface area (Å²) in [4.78, 5) is 34.8. The van der Waals surface area contributed by atoms with E-state index in [1.807, 2.05) is 18.2 Å². The van der Waals surface area contributed by atoms with Crippen molar-refractivity contribution >= 4 is 34.9 Å². The normalized spacial score (nSPS) is 21.6. The predicted molar refractivity (Wildman–Crippen MR) is 115 cm³/mol. The van der Waals surface area contributed by atoms with E-state index in [4.69, 9.17) is 9.90 Å². The zero-order valence-corrected chi connectivity index (χ0v) is 17.6. The average Bonchev–Trinajstić information content (AvgIpc) is 3.21. The molecule has 0 aliphatic carbocycles. The Morgan fingerprint density at radius 3 is 2.74 bits per heavy atom. The number of carboxylic acid groups (broad SMARTS) is 1. The van der Waals surface area contributed by atoms with E-state index in [0.717, 1.165) is 49.1 Å². The van der Waals surface area contributed by atoms with Crippen molar-refractivity contribution < 1.29 is 24.2 Å². The van der Waals surface area contributed by atoms with Crippen molar-refractivity contribution in [3.05, 3.63) is 23.9 Å². The van der Waals surface area contributed by atoms with Crippen molar-refractivity contribution in [2.75, 3.05) is 38.6 Å². The number of hydrogen-bond donors (Lipinski definition) is 4. The third-order valence-corrected chi connectivity index (χ3v) is 5.87. The van der Waals surface area contributed by atoms with Gasteiger partial charge in [-0.2, -0.15) is 5.10 Å². The van der Waals surface area contributed by atoms with Crippen LogP contribution in [0.1, 0.15) is 36.2 Å². The number of aromatic nitrogens is 2. The maximum absolute atomic E-state index is 12.9. The number of carbonyl (C=O) groups excluding carboxylic acids is 2. The molecule has 4 N–H and O–H groups in total. The van der Waals surface area contributed by atoms with Gasteiger partial charge in [-0.3, -0.25) is 19.5 Å². The lowest BCUT2D eigenvalue weighted by atomic mass is 9.84. The molecule has 0 spiro atoms. The Morgan fingerprint density at radius 1 is 1.35 bits per heavy atom. The molecule has 4 heterocycles. The minimum absolute atomic E-state index is 0.118. The summed E-state index contributed by atoms with van der Waals surface area (Å²) >= 11 is 0. The van der Waals surface area contributed by atoms with E-state index in [2.05, 4.69) is 30.5 Å². The lowest BCUT2D eigenvalue weighted by Crippen LogP contribution is -2.57. The number of H-pyrrole nitrogens is 1. The van der Waals surface area contributed by atoms with Gasteiger partial charge in [0.25, 0.3) is 12.4 Å². The number of piperidine rings is 3. The van der Waals surface area contributed by atoms with Gasteiger partial charge in [0.05, 0.1) is 12.6 Å². The molecule has 3 saturated heterocycles. The van der Waals surface area contributed by atoms with E-state index in [-0.39, 0.29) is 24.4 Å². The van der Waals surface area contributed by atoms with Crippen LogP contribution >= 0.6 is 0 Å². The van der Waals surface area contributed by atoms with Crippen LogP contribution in [0.3, 0.4) is 0 Å². The first-order valence-corrected chi connectivity index (χ1v) is 10.5. The molecule has 0 unspecified atom stereocenters. The first kappa shape index (κ1) is 22.5. The molecule has 2 bridgehead atoms. The summed E-state index contributed by atoms with van der Waals surface area (Å²) in [6, 6.07) is 5.99. The second-order valence-corrected chi connectivity index (χ2v) is 7.76. The van der Waals surface area contributed by atoms with Crippen LogP contribution in [0.5, 0.6) is 0 Å². The van der Waals surface area contributed by atoms with E-state index in [1.54, 1.807) is 0 Å². The van der Waals surface area contributed by atoms with Crippen molar-refractivity contribution in [1.82, 2.24) is 20.4 Å². The number of esters is 1. The summed E-state index contributed by atoms with van der Waals surface area (Å²) in [6.07, 6.45) is 3.38. The molecular weight excluding hydrogens is 402 g/mol. The summed E-state index contributed by atoms with van der Waals surface area (Å²) in [5, 5.41) is 21.4. The Hall–Kier alpha value is -3.14. The number of rotatable bonds is 7. The van der Waals surface area contributed by atoms with Crippen LogP contribution in [-0.2, 0) is 14.3 Å². The smallest absolute Gasteiger partial charge is 0.305 e. The Balaban J connectivity index is 0.000000858. The topological polar surface area (TPSA) is 137 Å². The minimum Gasteiger partial charge on any atom is -0.483 e. The molecule has 168 valence electrons. The number of ether oxygens (including phenoxy) is 1. The highest BCUT2D eigenvalue weighted by Gasteiger charge is 2.35. The highest BCUT2D eigenvalue weighted by molar-refractivity contribution is 6.05. The zero-order valence-electron chi connectivity index (χ0n) is 17.6. The number of aromatic amines is 1. The molecule has 1 atom stereocenters. The van der Waals surface area contributed by atoms with Crippen LogP contribution in [0.4, 0.5) is 5.69 Å². The summed E-state index contributed by atoms with van der Waals surface area (Å²) in [5.41, 5.74) is 2.17. The highest BCUT2D eigenvalue weighted by atomic mass is 16.5. The predicted octanol–water partition coefficient (Wildman–Crippen LogP) is 1.45. The molecule has 1 aromatic carbocycles. The quantitative estimate of drug-likeness (QED) is 0.294. The molecule has 3 aliphatic heterocycles. The van der Waals surface area contributed by atoms with Gasteiger partial charge in [0.15, 0.2) is 5.69 Å². The highest BCUT2D eigenvalue weighted by Crippen LogP contribution is 2.28. The van der Waals surface area contributed by atoms with Gasteiger partial charge in [-0.1, -0.05) is 0 Å². The van der Waals surface area contributed by atoms with Crippen LogP contribution in [-0.4, -0.2) is 77.9 Å². The molecule has 3 aliphatic rings. The summed E-state index contributed by atoms with van der Waals surface area (Å²) in [7, 11) is 1.39. The number of methoxy groups -OCH3 is 1. The number of nitrogens with one attached hydrogen (secondary N) is 3. The van der Waals surface area contributed by atoms with Gasteiger partial charge in [-0.15, -0.1) is 0 Å². The number of anilines is 1. The third-order valence-electron chi connectivity index (χ3n) is 5.87. The number of amides is 1. The van der Waals surface area contributed by atoms with E-state index < -0.39 is 0 Å². The molecule has 1 amide bonds. The average molecular weight is 431 g/mol. The van der Waals surface area contributed by atoms with E-state index in [9.17, 15) is 9.59 Å². The van der Waals surface area contributed by atoms with Crippen molar-refractivity contribution in [2.24, 2.45) is 5.92 Å². The molecule has 5 rings (SSSR count). The van der Waals surface area contributed by atoms with E-state index >= 15 is 0 Å². The van der Waals surface area contributed by atoms with Gasteiger partial charge in [0, 0.05) is 36.6 Å². The molecule has 31 heavy (non-hydrogen) atoms. The van der Waals surface area contributed by atoms with Crippen molar-refractivity contribution in [2.45, 2.75) is 31.7 Å². The van der Waals surface area contributed by atoms with Gasteiger partial charge in [-0.05, 0) is 56.5 Å². The van der Waals surface area contributed by atoms with Crippen LogP contribution in [0.2, 0.25) is 0 Å². The molecule has 10 heteroatoms. The summed E-state index contributed by atoms with van der Waals surface area (Å²) < 4.78 is 4.65. The SMILES string of the molecule is COC(=O)CCCNc1ccc2[nH]nc(C(=O)N[C@@H]3CN4CCC3CC4)c2c1.O=CO. The maximum atomic E-state index is 12.9. The van der Waals surface area contributed by atoms with Gasteiger partial charge in [0.1, 0.15) is 0 Å². The van der Waals surface area contributed by atoms with Gasteiger partial charge in [0.2, 0.25) is 0 Å². The molecule has 10 nitrogen and oxygen atoms in total. The molecule has 3 fully saturated rings. The van der Waals surface area contributed by atoms with Crippen LogP contribution in [0.15, 0.2) is 18.2 Å². The van der Waals surface area contributed by atoms with Crippen LogP contribution in [0, 0.1) is 5.92 Å². The van der Waals surface area contributed by atoms with Crippen molar-refractivity contribution in [3.8, 4) is 0 Å². The zero-order chi connectivity index (χ0) is 22.2. The number of carbonyl (C=O) groups is 3. The van der Waals surface area contributed by atoms with Crippen LogP contribution in [0.25, 0.3) is 10.9 Å². The molecule has 2 aromatic rings. The van der Waals surface area contributed by atoms with Crippen molar-refractivity contribution in [3.63, 3.8) is 0 Å². The first-order valence-electron chi connectivity index (χ1n) is 10.5.